The minimum Gasteiger partial charge on any atom is -0.383 e. The molecule has 0 saturated carbocycles. The van der Waals surface area contributed by atoms with Gasteiger partial charge in [0.25, 0.3) is 0 Å². The smallest absolute Gasteiger partial charge is 0.0589 e. The van der Waals surface area contributed by atoms with Crippen LogP contribution in [0.5, 0.6) is 0 Å². The summed E-state index contributed by atoms with van der Waals surface area (Å²) in [6.45, 7) is 13.1. The average Bonchev–Trinajstić information content (AvgIpc) is 2.31. The summed E-state index contributed by atoms with van der Waals surface area (Å²) < 4.78 is 5.14. The summed E-state index contributed by atoms with van der Waals surface area (Å²) in [5.74, 6) is 0. The quantitative estimate of drug-likeness (QED) is 0.432. The van der Waals surface area contributed by atoms with Crippen molar-refractivity contribution >= 4 is 0 Å². The molecule has 16 heavy (non-hydrogen) atoms. The Kier molecular flexibility index (Phi) is 10.9. The maximum atomic E-state index is 5.14. The van der Waals surface area contributed by atoms with Crippen LogP contribution in [0.2, 0.25) is 0 Å². The summed E-state index contributed by atoms with van der Waals surface area (Å²) in [5.41, 5.74) is 0. The van der Waals surface area contributed by atoms with Crippen LogP contribution in [-0.2, 0) is 4.74 Å². The van der Waals surface area contributed by atoms with E-state index in [-0.39, 0.29) is 0 Å². The predicted octanol–water partition coefficient (Wildman–Crippen LogP) is 1.90. The molecule has 0 aliphatic heterocycles. The van der Waals surface area contributed by atoms with Crippen molar-refractivity contribution in [3.63, 3.8) is 0 Å². The van der Waals surface area contributed by atoms with Gasteiger partial charge in [0.15, 0.2) is 0 Å². The monoisotopic (exact) mass is 228 g/mol. The molecule has 0 fully saturated rings. The largest absolute Gasteiger partial charge is 0.383 e. The van der Waals surface area contributed by atoms with E-state index in [0.29, 0.717) is 6.04 Å². The van der Waals surface area contributed by atoms with E-state index in [9.17, 15) is 0 Å². The number of rotatable bonds is 11. The van der Waals surface area contributed by atoms with E-state index in [2.05, 4.69) is 30.6 Å². The maximum Gasteiger partial charge on any atom is 0.0589 e. The number of hydrogen-bond acceptors (Lipinski definition) is 3. The van der Waals surface area contributed by atoms with Gasteiger partial charge in [-0.3, -0.25) is 4.90 Å². The van der Waals surface area contributed by atoms with E-state index in [1.165, 1.54) is 6.42 Å². The first-order chi connectivity index (χ1) is 7.79. The third-order valence-corrected chi connectivity index (χ3v) is 2.74. The molecule has 3 heteroatoms. The van der Waals surface area contributed by atoms with Crippen molar-refractivity contribution in [2.24, 2.45) is 0 Å². The molecular formula is C13H28N2O. The first-order valence-corrected chi connectivity index (χ1v) is 6.34. The molecule has 3 nitrogen and oxygen atoms in total. The minimum absolute atomic E-state index is 0.583. The van der Waals surface area contributed by atoms with Crippen LogP contribution in [0.25, 0.3) is 0 Å². The number of nitrogens with one attached hydrogen (secondary N) is 1. The zero-order valence-corrected chi connectivity index (χ0v) is 11.2. The second-order valence-electron chi connectivity index (χ2n) is 4.04. The van der Waals surface area contributed by atoms with E-state index in [1.807, 2.05) is 6.08 Å². The SMILES string of the molecule is C=CCN(CCOC)C(CC)CNCCC. The molecule has 0 radical (unpaired) electrons. The predicted molar refractivity (Wildman–Crippen MR) is 70.9 cm³/mol. The molecule has 0 aromatic heterocycles. The van der Waals surface area contributed by atoms with Crippen molar-refractivity contribution in [2.45, 2.75) is 32.7 Å². The molecule has 96 valence electrons. The molecule has 0 saturated heterocycles. The van der Waals surface area contributed by atoms with Gasteiger partial charge < -0.3 is 10.1 Å². The first-order valence-electron chi connectivity index (χ1n) is 6.34. The highest BCUT2D eigenvalue weighted by molar-refractivity contribution is 4.80. The topological polar surface area (TPSA) is 24.5 Å². The molecule has 0 aromatic rings. The van der Waals surface area contributed by atoms with Gasteiger partial charge in [0.1, 0.15) is 0 Å². The van der Waals surface area contributed by atoms with Crippen LogP contribution in [0, 0.1) is 0 Å². The maximum absolute atomic E-state index is 5.14. The van der Waals surface area contributed by atoms with Crippen LogP contribution in [0.1, 0.15) is 26.7 Å². The zero-order chi connectivity index (χ0) is 12.2. The molecule has 0 aromatic carbocycles. The zero-order valence-electron chi connectivity index (χ0n) is 11.2. The Balaban J connectivity index is 4.04. The van der Waals surface area contributed by atoms with Gasteiger partial charge in [0.2, 0.25) is 0 Å². The Morgan fingerprint density at radius 2 is 2.19 bits per heavy atom. The molecule has 0 spiro atoms. The molecule has 1 N–H and O–H groups in total. The van der Waals surface area contributed by atoms with Crippen LogP contribution >= 0.6 is 0 Å². The Morgan fingerprint density at radius 3 is 2.69 bits per heavy atom. The highest BCUT2D eigenvalue weighted by Gasteiger charge is 2.14. The van der Waals surface area contributed by atoms with Crippen LogP contribution in [0.3, 0.4) is 0 Å². The van der Waals surface area contributed by atoms with Crippen molar-refractivity contribution in [3.05, 3.63) is 12.7 Å². The second-order valence-corrected chi connectivity index (χ2v) is 4.04. The lowest BCUT2D eigenvalue weighted by atomic mass is 10.2. The fourth-order valence-electron chi connectivity index (χ4n) is 1.77. The lowest BCUT2D eigenvalue weighted by Crippen LogP contribution is -2.43. The fourth-order valence-corrected chi connectivity index (χ4v) is 1.77. The van der Waals surface area contributed by atoms with Crippen molar-refractivity contribution in [1.29, 1.82) is 0 Å². The first kappa shape index (κ1) is 15.6. The number of nitrogens with zero attached hydrogens (tertiary/aromatic N) is 1. The van der Waals surface area contributed by atoms with Crippen LogP contribution in [0.4, 0.5) is 0 Å². The number of hydrogen-bond donors (Lipinski definition) is 1. The summed E-state index contributed by atoms with van der Waals surface area (Å²) in [5, 5.41) is 3.48. The standard InChI is InChI=1S/C13H28N2O/c1-5-8-14-12-13(7-3)15(9-6-2)10-11-16-4/h6,13-14H,2,5,7-12H2,1,3-4H3. The van der Waals surface area contributed by atoms with Crippen molar-refractivity contribution in [2.75, 3.05) is 39.9 Å². The molecule has 0 aliphatic carbocycles. The van der Waals surface area contributed by atoms with E-state index in [0.717, 1.165) is 39.2 Å². The van der Waals surface area contributed by atoms with Crippen LogP contribution < -0.4 is 5.32 Å². The average molecular weight is 228 g/mol. The van der Waals surface area contributed by atoms with Gasteiger partial charge in [-0.25, -0.2) is 0 Å². The molecule has 0 rings (SSSR count). The van der Waals surface area contributed by atoms with E-state index in [4.69, 9.17) is 4.74 Å². The molecule has 0 aliphatic rings. The Morgan fingerprint density at radius 1 is 1.44 bits per heavy atom. The lowest BCUT2D eigenvalue weighted by molar-refractivity contribution is 0.125. The Labute approximate surface area is 101 Å². The van der Waals surface area contributed by atoms with E-state index in [1.54, 1.807) is 7.11 Å². The lowest BCUT2D eigenvalue weighted by Gasteiger charge is -2.30. The molecule has 1 unspecified atom stereocenters. The van der Waals surface area contributed by atoms with Crippen molar-refractivity contribution in [1.82, 2.24) is 10.2 Å². The fraction of sp³-hybridized carbons (Fsp3) is 0.846. The van der Waals surface area contributed by atoms with Gasteiger partial charge in [0, 0.05) is 32.8 Å². The van der Waals surface area contributed by atoms with Crippen LogP contribution in [0.15, 0.2) is 12.7 Å². The third-order valence-electron chi connectivity index (χ3n) is 2.74. The van der Waals surface area contributed by atoms with Gasteiger partial charge in [-0.05, 0) is 19.4 Å². The molecule has 1 atom stereocenters. The Hall–Kier alpha value is -0.380. The van der Waals surface area contributed by atoms with Crippen molar-refractivity contribution < 1.29 is 4.74 Å². The normalized spacial score (nSPS) is 13.0. The summed E-state index contributed by atoms with van der Waals surface area (Å²) in [6.07, 6.45) is 4.32. The second kappa shape index (κ2) is 11.1. The molecular weight excluding hydrogens is 200 g/mol. The molecule has 0 amide bonds. The summed E-state index contributed by atoms with van der Waals surface area (Å²) in [6, 6.07) is 0.583. The number of ether oxygens (including phenoxy) is 1. The Bertz CT molecular complexity index is 162. The minimum atomic E-state index is 0.583. The van der Waals surface area contributed by atoms with Crippen LogP contribution in [-0.4, -0.2) is 50.8 Å². The van der Waals surface area contributed by atoms with Gasteiger partial charge >= 0.3 is 0 Å². The summed E-state index contributed by atoms with van der Waals surface area (Å²) >= 11 is 0. The number of methoxy groups -OCH3 is 1. The van der Waals surface area contributed by atoms with Gasteiger partial charge in [-0.15, -0.1) is 6.58 Å². The summed E-state index contributed by atoms with van der Waals surface area (Å²) in [7, 11) is 1.75. The van der Waals surface area contributed by atoms with Crippen molar-refractivity contribution in [3.8, 4) is 0 Å². The third kappa shape index (κ3) is 6.99. The van der Waals surface area contributed by atoms with Gasteiger partial charge in [-0.2, -0.15) is 0 Å². The summed E-state index contributed by atoms with van der Waals surface area (Å²) in [4.78, 5) is 2.43. The van der Waals surface area contributed by atoms with E-state index >= 15 is 0 Å². The van der Waals surface area contributed by atoms with Gasteiger partial charge in [0.05, 0.1) is 6.61 Å². The van der Waals surface area contributed by atoms with E-state index < -0.39 is 0 Å². The van der Waals surface area contributed by atoms with Gasteiger partial charge in [-0.1, -0.05) is 19.9 Å². The molecule has 0 bridgehead atoms. The highest BCUT2D eigenvalue weighted by atomic mass is 16.5. The molecule has 0 heterocycles. The highest BCUT2D eigenvalue weighted by Crippen LogP contribution is 2.03.